The van der Waals surface area contributed by atoms with Crippen LogP contribution in [0.25, 0.3) is 0 Å². The first-order chi connectivity index (χ1) is 15.9. The predicted octanol–water partition coefficient (Wildman–Crippen LogP) is 2.33. The largest absolute Gasteiger partial charge is 0.497 e. The van der Waals surface area contributed by atoms with Gasteiger partial charge >= 0.3 is 6.03 Å². The van der Waals surface area contributed by atoms with Gasteiger partial charge in [0.25, 0.3) is 5.56 Å². The van der Waals surface area contributed by atoms with Gasteiger partial charge < -0.3 is 24.8 Å². The first-order valence-electron chi connectivity index (χ1n) is 11.5. The number of carbonyl (C=O) groups excluding carboxylic acids is 2. The summed E-state index contributed by atoms with van der Waals surface area (Å²) >= 11 is 0. The highest BCUT2D eigenvalue weighted by Crippen LogP contribution is 2.34. The van der Waals surface area contributed by atoms with E-state index in [-0.39, 0.29) is 35.3 Å². The Labute approximate surface area is 193 Å². The Morgan fingerprint density at radius 2 is 1.85 bits per heavy atom. The van der Waals surface area contributed by atoms with Crippen molar-refractivity contribution in [1.82, 2.24) is 20.1 Å². The quantitative estimate of drug-likeness (QED) is 0.704. The summed E-state index contributed by atoms with van der Waals surface area (Å²) in [5, 5.41) is 5.89. The van der Waals surface area contributed by atoms with Crippen LogP contribution in [-0.2, 0) is 17.9 Å². The van der Waals surface area contributed by atoms with Crippen LogP contribution < -0.4 is 20.9 Å². The standard InChI is InChI=1S/C25H32N4O4/c1-16(2)23(24(31)26-12-17-7-9-20(33-3)10-8-17)27-25(32)28-13-18-11-19(15-28)21-5-4-6-22(30)29(21)14-18/h4-10,16,18-19,23H,11-15H2,1-3H3,(H,26,31)(H,27,32)/t18-,19+,23+/m1/s1. The summed E-state index contributed by atoms with van der Waals surface area (Å²) in [6, 6.07) is 12.0. The lowest BCUT2D eigenvalue weighted by molar-refractivity contribution is -0.124. The molecule has 33 heavy (non-hydrogen) atoms. The molecule has 4 rings (SSSR count). The fraction of sp³-hybridized carbons (Fsp3) is 0.480. The minimum atomic E-state index is -0.632. The number of rotatable bonds is 6. The number of amides is 3. The minimum Gasteiger partial charge on any atom is -0.497 e. The zero-order valence-electron chi connectivity index (χ0n) is 19.4. The second-order valence-electron chi connectivity index (χ2n) is 9.34. The molecule has 1 aromatic carbocycles. The van der Waals surface area contributed by atoms with Crippen molar-refractivity contribution in [3.8, 4) is 5.75 Å². The number of fused-ring (bicyclic) bond motifs is 4. The number of ether oxygens (including phenoxy) is 1. The van der Waals surface area contributed by atoms with Crippen LogP contribution in [0.3, 0.4) is 0 Å². The lowest BCUT2D eigenvalue weighted by atomic mass is 9.83. The number of hydrogen-bond acceptors (Lipinski definition) is 4. The summed E-state index contributed by atoms with van der Waals surface area (Å²) in [7, 11) is 1.61. The molecule has 0 saturated carbocycles. The van der Waals surface area contributed by atoms with Gasteiger partial charge in [0.2, 0.25) is 5.91 Å². The molecule has 2 aliphatic heterocycles. The van der Waals surface area contributed by atoms with Gasteiger partial charge in [0.15, 0.2) is 0 Å². The Morgan fingerprint density at radius 3 is 2.55 bits per heavy atom. The van der Waals surface area contributed by atoms with Crippen LogP contribution in [0.5, 0.6) is 5.75 Å². The molecule has 176 valence electrons. The van der Waals surface area contributed by atoms with Crippen molar-refractivity contribution in [2.45, 2.75) is 45.3 Å². The number of urea groups is 1. The molecular weight excluding hydrogens is 420 g/mol. The van der Waals surface area contributed by atoms with E-state index in [1.807, 2.05) is 48.7 Å². The highest BCUT2D eigenvalue weighted by molar-refractivity contribution is 5.87. The van der Waals surface area contributed by atoms with Crippen LogP contribution in [0.15, 0.2) is 47.3 Å². The number of likely N-dealkylation sites (tertiary alicyclic amines) is 1. The van der Waals surface area contributed by atoms with E-state index in [1.165, 1.54) is 0 Å². The van der Waals surface area contributed by atoms with Crippen molar-refractivity contribution in [2.24, 2.45) is 11.8 Å². The van der Waals surface area contributed by atoms with Gasteiger partial charge in [0, 0.05) is 43.9 Å². The highest BCUT2D eigenvalue weighted by atomic mass is 16.5. The van der Waals surface area contributed by atoms with E-state index in [1.54, 1.807) is 24.1 Å². The zero-order valence-corrected chi connectivity index (χ0v) is 19.4. The summed E-state index contributed by atoms with van der Waals surface area (Å²) in [5.74, 6) is 0.870. The second-order valence-corrected chi connectivity index (χ2v) is 9.34. The smallest absolute Gasteiger partial charge is 0.318 e. The first kappa shape index (κ1) is 22.9. The monoisotopic (exact) mass is 452 g/mol. The Kier molecular flexibility index (Phi) is 6.72. The van der Waals surface area contributed by atoms with Gasteiger partial charge in [-0.1, -0.05) is 32.0 Å². The molecule has 0 spiro atoms. The molecule has 0 aliphatic carbocycles. The summed E-state index contributed by atoms with van der Waals surface area (Å²) in [5.41, 5.74) is 1.97. The van der Waals surface area contributed by atoms with Crippen molar-refractivity contribution in [3.05, 3.63) is 64.1 Å². The van der Waals surface area contributed by atoms with Gasteiger partial charge in [0.1, 0.15) is 11.8 Å². The maximum Gasteiger partial charge on any atom is 0.318 e. The van der Waals surface area contributed by atoms with E-state index < -0.39 is 6.04 Å². The molecule has 1 fully saturated rings. The Balaban J connectivity index is 1.38. The molecule has 2 aliphatic rings. The fourth-order valence-electron chi connectivity index (χ4n) is 4.86. The van der Waals surface area contributed by atoms with E-state index in [0.29, 0.717) is 26.2 Å². The summed E-state index contributed by atoms with van der Waals surface area (Å²) in [4.78, 5) is 40.0. The Bertz CT molecular complexity index is 1060. The van der Waals surface area contributed by atoms with Crippen LogP contribution in [0.2, 0.25) is 0 Å². The number of hydrogen-bond donors (Lipinski definition) is 2. The molecular formula is C25H32N4O4. The van der Waals surface area contributed by atoms with Crippen LogP contribution in [0.4, 0.5) is 4.79 Å². The van der Waals surface area contributed by atoms with Crippen molar-refractivity contribution in [3.63, 3.8) is 0 Å². The number of aromatic nitrogens is 1. The van der Waals surface area contributed by atoms with Crippen LogP contribution in [0, 0.1) is 11.8 Å². The van der Waals surface area contributed by atoms with Crippen LogP contribution in [-0.4, -0.2) is 47.6 Å². The van der Waals surface area contributed by atoms with Gasteiger partial charge in [0.05, 0.1) is 7.11 Å². The van der Waals surface area contributed by atoms with Crippen molar-refractivity contribution >= 4 is 11.9 Å². The lowest BCUT2D eigenvalue weighted by Gasteiger charge is -2.43. The normalized spacial score (nSPS) is 20.1. The molecule has 1 aromatic heterocycles. The van der Waals surface area contributed by atoms with Crippen LogP contribution in [0.1, 0.15) is 37.4 Å². The second kappa shape index (κ2) is 9.68. The molecule has 1 saturated heterocycles. The van der Waals surface area contributed by atoms with Crippen molar-refractivity contribution < 1.29 is 14.3 Å². The van der Waals surface area contributed by atoms with E-state index in [0.717, 1.165) is 23.4 Å². The molecule has 0 unspecified atom stereocenters. The van der Waals surface area contributed by atoms with Crippen LogP contribution >= 0.6 is 0 Å². The number of piperidine rings is 1. The summed E-state index contributed by atoms with van der Waals surface area (Å²) in [6.45, 7) is 5.98. The summed E-state index contributed by atoms with van der Waals surface area (Å²) < 4.78 is 7.01. The molecule has 3 atom stereocenters. The first-order valence-corrected chi connectivity index (χ1v) is 11.5. The van der Waals surface area contributed by atoms with Gasteiger partial charge in [-0.3, -0.25) is 9.59 Å². The predicted molar refractivity (Wildman–Crippen MR) is 125 cm³/mol. The number of pyridine rings is 1. The van der Waals surface area contributed by atoms with Crippen molar-refractivity contribution in [1.29, 1.82) is 0 Å². The number of benzene rings is 1. The van der Waals surface area contributed by atoms with Gasteiger partial charge in [-0.15, -0.1) is 0 Å². The molecule has 2 bridgehead atoms. The van der Waals surface area contributed by atoms with E-state index in [4.69, 9.17) is 4.74 Å². The molecule has 8 heteroatoms. The molecule has 2 N–H and O–H groups in total. The average molecular weight is 453 g/mol. The number of nitrogens with one attached hydrogen (secondary N) is 2. The zero-order chi connectivity index (χ0) is 23.5. The third-order valence-electron chi connectivity index (χ3n) is 6.62. The van der Waals surface area contributed by atoms with E-state index >= 15 is 0 Å². The molecule has 2 aromatic rings. The average Bonchev–Trinajstić information content (AvgIpc) is 2.81. The lowest BCUT2D eigenvalue weighted by Crippen LogP contribution is -2.57. The molecule has 0 radical (unpaired) electrons. The summed E-state index contributed by atoms with van der Waals surface area (Å²) in [6.07, 6.45) is 0.975. The topological polar surface area (TPSA) is 92.7 Å². The third kappa shape index (κ3) is 5.05. The van der Waals surface area contributed by atoms with Gasteiger partial charge in [-0.25, -0.2) is 4.79 Å². The number of nitrogens with zero attached hydrogens (tertiary/aromatic N) is 2. The molecule has 8 nitrogen and oxygen atoms in total. The Morgan fingerprint density at radius 1 is 1.09 bits per heavy atom. The third-order valence-corrected chi connectivity index (χ3v) is 6.62. The van der Waals surface area contributed by atoms with Crippen molar-refractivity contribution in [2.75, 3.05) is 20.2 Å². The maximum absolute atomic E-state index is 13.1. The number of methoxy groups -OCH3 is 1. The SMILES string of the molecule is COc1ccc(CNC(=O)[C@@H](NC(=O)N2C[C@H]3C[C@@H](C2)c2cccc(=O)n2C3)C(C)C)cc1. The highest BCUT2D eigenvalue weighted by Gasteiger charge is 2.37. The Hall–Kier alpha value is -3.29. The fourth-order valence-corrected chi connectivity index (χ4v) is 4.86. The molecule has 3 amide bonds. The maximum atomic E-state index is 13.1. The van der Waals surface area contributed by atoms with Gasteiger partial charge in [-0.2, -0.15) is 0 Å². The minimum absolute atomic E-state index is 0.0218. The molecule has 3 heterocycles. The van der Waals surface area contributed by atoms with E-state index in [9.17, 15) is 14.4 Å². The number of carbonyl (C=O) groups is 2. The van der Waals surface area contributed by atoms with E-state index in [2.05, 4.69) is 10.6 Å². The van der Waals surface area contributed by atoms with Gasteiger partial charge in [-0.05, 0) is 42.0 Å².